The van der Waals surface area contributed by atoms with Crippen molar-refractivity contribution >= 4 is 11.4 Å². The molecule has 0 saturated carbocycles. The van der Waals surface area contributed by atoms with Crippen molar-refractivity contribution in [3.63, 3.8) is 0 Å². The van der Waals surface area contributed by atoms with Gasteiger partial charge in [-0.15, -0.1) is 0 Å². The Morgan fingerprint density at radius 3 is 1.26 bits per heavy atom. The van der Waals surface area contributed by atoms with Crippen LogP contribution in [0.5, 0.6) is 11.5 Å². The van der Waals surface area contributed by atoms with E-state index in [1.165, 1.54) is 0 Å². The maximum atomic E-state index is 10.00. The van der Waals surface area contributed by atoms with Gasteiger partial charge in [-0.25, -0.2) is 0 Å². The van der Waals surface area contributed by atoms with Gasteiger partial charge in [0.05, 0.1) is 5.69 Å². The summed E-state index contributed by atoms with van der Waals surface area (Å²) in [7, 11) is 0. The van der Waals surface area contributed by atoms with E-state index >= 15 is 0 Å². The molecule has 4 nitrogen and oxygen atoms in total. The summed E-state index contributed by atoms with van der Waals surface area (Å²) in [6, 6.07) is 7.63. The Bertz CT molecular complexity index is 913. The third-order valence-electron chi connectivity index (χ3n) is 5.60. The van der Waals surface area contributed by atoms with Gasteiger partial charge in [-0.2, -0.15) is 0 Å². The molecule has 6 N–H and O–H groups in total. The highest BCUT2D eigenvalue weighted by Crippen LogP contribution is 2.39. The van der Waals surface area contributed by atoms with Crippen LogP contribution in [0.1, 0.15) is 120 Å². The van der Waals surface area contributed by atoms with E-state index in [2.05, 4.69) is 89.2 Å². The average molecular weight is 475 g/mol. The second kappa shape index (κ2) is 10.9. The molecule has 2 aromatic rings. The predicted octanol–water partition coefficient (Wildman–Crippen LogP) is 8.41. The Labute approximate surface area is 210 Å². The van der Waals surface area contributed by atoms with E-state index < -0.39 is 0 Å². The van der Waals surface area contributed by atoms with E-state index in [-0.39, 0.29) is 48.0 Å². The van der Waals surface area contributed by atoms with Crippen LogP contribution in [0.4, 0.5) is 11.4 Å². The number of phenolic OH excluding ortho intramolecular Hbond substituents is 2. The molecule has 2 rings (SSSR count). The summed E-state index contributed by atoms with van der Waals surface area (Å²) < 4.78 is 0. The number of nitrogen functional groups attached to an aromatic ring is 2. The van der Waals surface area contributed by atoms with Crippen molar-refractivity contribution in [2.75, 3.05) is 11.5 Å². The molecule has 0 atom stereocenters. The second-order valence-corrected chi connectivity index (χ2v) is 12.9. The monoisotopic (exact) mass is 474 g/mol. The summed E-state index contributed by atoms with van der Waals surface area (Å²) in [5.41, 5.74) is 16.9. The van der Waals surface area contributed by atoms with Crippen molar-refractivity contribution in [1.82, 2.24) is 0 Å². The first-order valence-electron chi connectivity index (χ1n) is 11.3. The van der Waals surface area contributed by atoms with Crippen LogP contribution in [-0.4, -0.2) is 10.2 Å². The van der Waals surface area contributed by atoms with Gasteiger partial charge in [-0.3, -0.25) is 0 Å². The van der Waals surface area contributed by atoms with Crippen molar-refractivity contribution in [2.24, 2.45) is 0 Å². The molecule has 0 aromatic heterocycles. The normalized spacial score (nSPS) is 12.1. The molecule has 0 bridgehead atoms. The van der Waals surface area contributed by atoms with Crippen LogP contribution < -0.4 is 11.5 Å². The van der Waals surface area contributed by atoms with Crippen LogP contribution in [0.15, 0.2) is 24.3 Å². The Morgan fingerprint density at radius 1 is 0.500 bits per heavy atom. The van der Waals surface area contributed by atoms with Gasteiger partial charge in [0.2, 0.25) is 0 Å². The molecule has 196 valence electrons. The molecule has 0 spiro atoms. The highest BCUT2D eigenvalue weighted by atomic mass is 16.3. The first kappa shape index (κ1) is 33.8. The lowest BCUT2D eigenvalue weighted by Gasteiger charge is -2.27. The lowest BCUT2D eigenvalue weighted by Crippen LogP contribution is -2.18. The zero-order chi connectivity index (χ0) is 25.4. The molecule has 2 aromatic carbocycles. The van der Waals surface area contributed by atoms with Crippen LogP contribution in [0.3, 0.4) is 0 Å². The maximum Gasteiger partial charge on any atom is 0.142 e. The van der Waals surface area contributed by atoms with Crippen LogP contribution in [0.25, 0.3) is 0 Å². The number of nitrogens with two attached hydrogens (primary N) is 2. The number of benzene rings is 2. The number of aromatic hydroxyl groups is 2. The molecule has 0 amide bonds. The molecule has 0 fully saturated rings. The highest BCUT2D eigenvalue weighted by Gasteiger charge is 2.25. The molecule has 0 radical (unpaired) electrons. The smallest absolute Gasteiger partial charge is 0.142 e. The van der Waals surface area contributed by atoms with E-state index in [4.69, 9.17) is 11.5 Å². The Hall–Kier alpha value is -2.36. The van der Waals surface area contributed by atoms with Gasteiger partial charge < -0.3 is 21.7 Å². The topological polar surface area (TPSA) is 92.5 Å². The fraction of sp³-hybridized carbons (Fsp3) is 0.600. The van der Waals surface area contributed by atoms with E-state index in [0.717, 1.165) is 22.3 Å². The average Bonchev–Trinajstić information content (AvgIpc) is 2.53. The summed E-state index contributed by atoms with van der Waals surface area (Å²) in [5, 5.41) is 19.9. The number of hydrogen-bond donors (Lipinski definition) is 4. The standard InChI is InChI=1S/2C14H23NO.2CH4/c1-13(2,3)9-7-10(14(4,5)6)12(16)8-11(9)15;1-13(2,3)9-7-10(14(4,5)6)12(16)11(15)8-9;;/h2*7-8,16H,15H2,1-6H3;2*1H4. The first-order valence-corrected chi connectivity index (χ1v) is 11.3. The summed E-state index contributed by atoms with van der Waals surface area (Å²) >= 11 is 0. The van der Waals surface area contributed by atoms with E-state index in [1.807, 2.05) is 12.1 Å². The maximum absolute atomic E-state index is 10.00. The van der Waals surface area contributed by atoms with Crippen LogP contribution >= 0.6 is 0 Å². The third-order valence-corrected chi connectivity index (χ3v) is 5.60. The molecule has 34 heavy (non-hydrogen) atoms. The lowest BCUT2D eigenvalue weighted by molar-refractivity contribution is 0.445. The molecule has 0 aliphatic rings. The molecule has 0 saturated heterocycles. The minimum atomic E-state index is -0.0978. The Morgan fingerprint density at radius 2 is 0.912 bits per heavy atom. The largest absolute Gasteiger partial charge is 0.508 e. The van der Waals surface area contributed by atoms with E-state index in [1.54, 1.807) is 6.07 Å². The number of phenols is 2. The first-order chi connectivity index (χ1) is 14.1. The molecular formula is C30H54N2O2. The summed E-state index contributed by atoms with van der Waals surface area (Å²) in [5.74, 6) is 0.513. The highest BCUT2D eigenvalue weighted by molar-refractivity contribution is 5.61. The lowest BCUT2D eigenvalue weighted by atomic mass is 9.79. The minimum Gasteiger partial charge on any atom is -0.508 e. The number of rotatable bonds is 0. The third kappa shape index (κ3) is 8.45. The van der Waals surface area contributed by atoms with Crippen molar-refractivity contribution in [3.05, 3.63) is 46.5 Å². The molecule has 0 aliphatic carbocycles. The van der Waals surface area contributed by atoms with Gasteiger partial charge in [-0.1, -0.05) is 104 Å². The minimum absolute atomic E-state index is 0. The van der Waals surface area contributed by atoms with Crippen molar-refractivity contribution in [1.29, 1.82) is 0 Å². The molecular weight excluding hydrogens is 420 g/mol. The van der Waals surface area contributed by atoms with Gasteiger partial charge in [0.25, 0.3) is 0 Å². The summed E-state index contributed by atoms with van der Waals surface area (Å²) in [6.07, 6.45) is 0. The molecule has 0 unspecified atom stereocenters. The van der Waals surface area contributed by atoms with Crippen molar-refractivity contribution in [3.8, 4) is 11.5 Å². The predicted molar refractivity (Wildman–Crippen MR) is 153 cm³/mol. The zero-order valence-corrected chi connectivity index (χ0v) is 22.4. The van der Waals surface area contributed by atoms with Gasteiger partial charge in [0.15, 0.2) is 0 Å². The number of hydrogen-bond acceptors (Lipinski definition) is 4. The SMILES string of the molecule is C.C.CC(C)(C)c1cc(C(C)(C)C)c(O)cc1N.CC(C)(C)c1cc(N)c(O)c(C(C)(C)C)c1. The Kier molecular flexibility index (Phi) is 10.9. The molecule has 0 heterocycles. The summed E-state index contributed by atoms with van der Waals surface area (Å²) in [6.45, 7) is 25.3. The van der Waals surface area contributed by atoms with Crippen LogP contribution in [-0.2, 0) is 21.7 Å². The molecule has 4 heteroatoms. The van der Waals surface area contributed by atoms with Gasteiger partial charge in [0.1, 0.15) is 11.5 Å². The van der Waals surface area contributed by atoms with Gasteiger partial charge >= 0.3 is 0 Å². The second-order valence-electron chi connectivity index (χ2n) is 12.9. The molecule has 0 aliphatic heterocycles. The van der Waals surface area contributed by atoms with Crippen molar-refractivity contribution < 1.29 is 10.2 Å². The van der Waals surface area contributed by atoms with E-state index in [0.29, 0.717) is 11.4 Å². The number of anilines is 2. The fourth-order valence-electron chi connectivity index (χ4n) is 3.52. The van der Waals surface area contributed by atoms with Crippen molar-refractivity contribution in [2.45, 2.75) is 120 Å². The quantitative estimate of drug-likeness (QED) is 0.228. The summed E-state index contributed by atoms with van der Waals surface area (Å²) in [4.78, 5) is 0. The zero-order valence-electron chi connectivity index (χ0n) is 22.4. The fourth-order valence-corrected chi connectivity index (χ4v) is 3.52. The van der Waals surface area contributed by atoms with E-state index in [9.17, 15) is 10.2 Å². The van der Waals surface area contributed by atoms with Crippen LogP contribution in [0.2, 0.25) is 0 Å². The van der Waals surface area contributed by atoms with Gasteiger partial charge in [0, 0.05) is 17.3 Å². The van der Waals surface area contributed by atoms with Crippen LogP contribution in [0, 0.1) is 0 Å². The Balaban J connectivity index is 0. The van der Waals surface area contributed by atoms with Gasteiger partial charge in [-0.05, 0) is 50.5 Å².